The van der Waals surface area contributed by atoms with Crippen molar-refractivity contribution in [1.29, 1.82) is 0 Å². The van der Waals surface area contributed by atoms with E-state index in [-0.39, 0.29) is 5.91 Å². The third-order valence-corrected chi connectivity index (χ3v) is 4.66. The van der Waals surface area contributed by atoms with Crippen LogP contribution in [0.2, 0.25) is 0 Å². The Balaban J connectivity index is 1.70. The van der Waals surface area contributed by atoms with Gasteiger partial charge in [0.15, 0.2) is 0 Å². The number of amides is 1. The Morgan fingerprint density at radius 3 is 2.72 bits per heavy atom. The summed E-state index contributed by atoms with van der Waals surface area (Å²) in [6, 6.07) is 13.6. The van der Waals surface area contributed by atoms with E-state index in [0.717, 1.165) is 38.8 Å². The maximum absolute atomic E-state index is 12.3. The normalized spacial score (nSPS) is 10.5. The highest BCUT2D eigenvalue weighted by molar-refractivity contribution is 7.09. The van der Waals surface area contributed by atoms with E-state index < -0.39 is 0 Å². The largest absolute Gasteiger partial charge is 0.496 e. The summed E-state index contributed by atoms with van der Waals surface area (Å²) in [5.41, 5.74) is 4.70. The average molecular weight is 352 g/mol. The lowest BCUT2D eigenvalue weighted by molar-refractivity contribution is -0.115. The van der Waals surface area contributed by atoms with Gasteiger partial charge in [-0.05, 0) is 43.2 Å². The first kappa shape index (κ1) is 17.2. The summed E-state index contributed by atoms with van der Waals surface area (Å²) >= 11 is 1.62. The topological polar surface area (TPSA) is 51.2 Å². The number of aromatic nitrogens is 1. The number of ether oxygens (including phenoxy) is 1. The molecule has 2 aromatic carbocycles. The first-order valence-electron chi connectivity index (χ1n) is 8.01. The summed E-state index contributed by atoms with van der Waals surface area (Å²) in [5.74, 6) is 0.784. The second kappa shape index (κ2) is 7.49. The lowest BCUT2D eigenvalue weighted by Crippen LogP contribution is -2.14. The van der Waals surface area contributed by atoms with Crippen molar-refractivity contribution in [3.63, 3.8) is 0 Å². The second-order valence-corrected chi connectivity index (χ2v) is 6.92. The molecule has 0 unspecified atom stereocenters. The third kappa shape index (κ3) is 4.25. The van der Waals surface area contributed by atoms with E-state index in [2.05, 4.69) is 10.3 Å². The van der Waals surface area contributed by atoms with Crippen LogP contribution in [0.4, 0.5) is 5.69 Å². The lowest BCUT2D eigenvalue weighted by atomic mass is 10.1. The monoisotopic (exact) mass is 352 g/mol. The van der Waals surface area contributed by atoms with Crippen LogP contribution in [0.15, 0.2) is 47.8 Å². The molecule has 0 fully saturated rings. The molecule has 128 valence electrons. The number of nitrogens with one attached hydrogen (secondary N) is 1. The van der Waals surface area contributed by atoms with Gasteiger partial charge >= 0.3 is 0 Å². The number of carbonyl (C=O) groups excluding carboxylic acids is 1. The molecule has 0 radical (unpaired) electrons. The summed E-state index contributed by atoms with van der Waals surface area (Å²) in [5, 5.41) is 6.01. The Hall–Kier alpha value is -2.66. The van der Waals surface area contributed by atoms with Gasteiger partial charge in [-0.25, -0.2) is 4.98 Å². The Morgan fingerprint density at radius 2 is 2.04 bits per heavy atom. The summed E-state index contributed by atoms with van der Waals surface area (Å²) in [6.07, 6.45) is 0.324. The molecule has 3 aromatic rings. The molecule has 0 atom stereocenters. The quantitative estimate of drug-likeness (QED) is 0.729. The van der Waals surface area contributed by atoms with E-state index in [4.69, 9.17) is 4.74 Å². The fourth-order valence-electron chi connectivity index (χ4n) is 2.69. The van der Waals surface area contributed by atoms with E-state index in [0.29, 0.717) is 6.42 Å². The molecule has 1 heterocycles. The zero-order valence-electron chi connectivity index (χ0n) is 14.5. The number of benzene rings is 2. The van der Waals surface area contributed by atoms with Crippen LogP contribution in [0, 0.1) is 13.8 Å². The summed E-state index contributed by atoms with van der Waals surface area (Å²) < 4.78 is 5.25. The molecule has 0 bridgehead atoms. The highest BCUT2D eigenvalue weighted by Crippen LogP contribution is 2.24. The molecule has 0 aliphatic heterocycles. The van der Waals surface area contributed by atoms with E-state index in [1.165, 1.54) is 0 Å². The van der Waals surface area contributed by atoms with Gasteiger partial charge in [0.05, 0.1) is 24.2 Å². The number of hydrogen-bond acceptors (Lipinski definition) is 4. The van der Waals surface area contributed by atoms with Crippen LogP contribution < -0.4 is 10.1 Å². The van der Waals surface area contributed by atoms with E-state index >= 15 is 0 Å². The van der Waals surface area contributed by atoms with Crippen molar-refractivity contribution in [2.24, 2.45) is 0 Å². The van der Waals surface area contributed by atoms with Gasteiger partial charge in [-0.3, -0.25) is 4.79 Å². The zero-order valence-corrected chi connectivity index (χ0v) is 15.3. The number of thiazole rings is 1. The maximum Gasteiger partial charge on any atom is 0.228 e. The van der Waals surface area contributed by atoms with Crippen molar-refractivity contribution < 1.29 is 9.53 Å². The van der Waals surface area contributed by atoms with Crippen molar-refractivity contribution >= 4 is 22.9 Å². The van der Waals surface area contributed by atoms with Crippen molar-refractivity contribution in [1.82, 2.24) is 4.98 Å². The van der Waals surface area contributed by atoms with Crippen LogP contribution in [0.5, 0.6) is 5.75 Å². The van der Waals surface area contributed by atoms with Crippen LogP contribution in [0.3, 0.4) is 0 Å². The molecule has 0 saturated carbocycles. The molecule has 0 spiro atoms. The Morgan fingerprint density at radius 1 is 1.20 bits per heavy atom. The van der Waals surface area contributed by atoms with Crippen LogP contribution >= 0.6 is 11.3 Å². The second-order valence-electron chi connectivity index (χ2n) is 5.86. The SMILES string of the molecule is COc1ccc(CC(=O)Nc2cccc(-c3csc(C)n3)c2)cc1C. The van der Waals surface area contributed by atoms with Crippen molar-refractivity contribution in [2.45, 2.75) is 20.3 Å². The molecular formula is C20H20N2O2S. The molecule has 25 heavy (non-hydrogen) atoms. The molecule has 0 aliphatic carbocycles. The van der Waals surface area contributed by atoms with Gasteiger partial charge in [0.1, 0.15) is 5.75 Å². The fraction of sp³-hybridized carbons (Fsp3) is 0.200. The highest BCUT2D eigenvalue weighted by Gasteiger charge is 2.08. The van der Waals surface area contributed by atoms with E-state index in [9.17, 15) is 4.79 Å². The Kier molecular flexibility index (Phi) is 5.14. The number of hydrogen-bond donors (Lipinski definition) is 1. The zero-order chi connectivity index (χ0) is 17.8. The first-order valence-corrected chi connectivity index (χ1v) is 8.89. The summed E-state index contributed by atoms with van der Waals surface area (Å²) in [4.78, 5) is 16.8. The van der Waals surface area contributed by atoms with E-state index in [1.54, 1.807) is 18.4 Å². The molecule has 1 N–H and O–H groups in total. The van der Waals surface area contributed by atoms with Crippen LogP contribution in [0.1, 0.15) is 16.1 Å². The van der Waals surface area contributed by atoms with Crippen molar-refractivity contribution in [3.05, 3.63) is 64.0 Å². The lowest BCUT2D eigenvalue weighted by Gasteiger charge is -2.09. The van der Waals surface area contributed by atoms with Crippen LogP contribution in [-0.4, -0.2) is 18.0 Å². The minimum atomic E-state index is -0.0452. The number of nitrogens with zero attached hydrogens (tertiary/aromatic N) is 1. The van der Waals surface area contributed by atoms with Crippen LogP contribution in [-0.2, 0) is 11.2 Å². The third-order valence-electron chi connectivity index (χ3n) is 3.89. The Bertz CT molecular complexity index is 902. The van der Waals surface area contributed by atoms with Gasteiger partial charge < -0.3 is 10.1 Å². The predicted octanol–water partition coefficient (Wildman–Crippen LogP) is 4.62. The van der Waals surface area contributed by atoms with Gasteiger partial charge in [-0.15, -0.1) is 11.3 Å². The number of carbonyl (C=O) groups is 1. The van der Waals surface area contributed by atoms with Gasteiger partial charge in [-0.1, -0.05) is 24.3 Å². The average Bonchev–Trinajstić information content (AvgIpc) is 3.02. The standard InChI is InChI=1S/C20H20N2O2S/c1-13-9-15(7-8-19(13)24-3)10-20(23)22-17-6-4-5-16(11-17)18-12-25-14(2)21-18/h4-9,11-12H,10H2,1-3H3,(H,22,23). The number of methoxy groups -OCH3 is 1. The number of aryl methyl sites for hydroxylation is 2. The highest BCUT2D eigenvalue weighted by atomic mass is 32.1. The van der Waals surface area contributed by atoms with Crippen LogP contribution in [0.25, 0.3) is 11.3 Å². The number of rotatable bonds is 5. The van der Waals surface area contributed by atoms with Gasteiger partial charge in [0.2, 0.25) is 5.91 Å². The first-order chi connectivity index (χ1) is 12.0. The van der Waals surface area contributed by atoms with Gasteiger partial charge in [-0.2, -0.15) is 0 Å². The summed E-state index contributed by atoms with van der Waals surface area (Å²) in [7, 11) is 1.64. The van der Waals surface area contributed by atoms with Gasteiger partial charge in [0, 0.05) is 16.6 Å². The number of anilines is 1. The van der Waals surface area contributed by atoms with Gasteiger partial charge in [0.25, 0.3) is 0 Å². The predicted molar refractivity (Wildman–Crippen MR) is 102 cm³/mol. The minimum Gasteiger partial charge on any atom is -0.496 e. The molecule has 4 nitrogen and oxygen atoms in total. The Labute approximate surface area is 151 Å². The van der Waals surface area contributed by atoms with Crippen molar-refractivity contribution in [2.75, 3.05) is 12.4 Å². The molecule has 1 aromatic heterocycles. The van der Waals surface area contributed by atoms with E-state index in [1.807, 2.05) is 61.7 Å². The molecule has 0 aliphatic rings. The molecule has 1 amide bonds. The fourth-order valence-corrected chi connectivity index (χ4v) is 3.32. The molecule has 3 rings (SSSR count). The smallest absolute Gasteiger partial charge is 0.228 e. The maximum atomic E-state index is 12.3. The molecular weight excluding hydrogens is 332 g/mol. The molecule has 5 heteroatoms. The van der Waals surface area contributed by atoms with Crippen molar-refractivity contribution in [3.8, 4) is 17.0 Å². The molecule has 0 saturated heterocycles. The summed E-state index contributed by atoms with van der Waals surface area (Å²) in [6.45, 7) is 3.95. The minimum absolute atomic E-state index is 0.0452.